The van der Waals surface area contributed by atoms with E-state index in [-0.39, 0.29) is 30.5 Å². The maximum Gasteiger partial charge on any atom is 0.358 e. The maximum absolute atomic E-state index is 13.1. The highest BCUT2D eigenvalue weighted by Gasteiger charge is 2.32. The van der Waals surface area contributed by atoms with Gasteiger partial charge in [-0.25, -0.2) is 9.78 Å². The minimum Gasteiger partial charge on any atom is -0.420 e. The van der Waals surface area contributed by atoms with Crippen molar-refractivity contribution in [2.75, 3.05) is 6.54 Å². The molecule has 1 fully saturated rings. The van der Waals surface area contributed by atoms with Gasteiger partial charge in [0.25, 0.3) is 0 Å². The molecule has 1 aliphatic heterocycles. The second-order valence-electron chi connectivity index (χ2n) is 7.84. The molecule has 4 aromatic rings. The number of fused-ring (bicyclic) bond motifs is 1. The van der Waals surface area contributed by atoms with Crippen LogP contribution in [-0.2, 0) is 11.2 Å². The van der Waals surface area contributed by atoms with E-state index < -0.39 is 5.63 Å². The minimum atomic E-state index is -0.504. The monoisotopic (exact) mass is 430 g/mol. The molecule has 1 unspecified atom stereocenters. The highest BCUT2D eigenvalue weighted by atomic mass is 16.5. The van der Waals surface area contributed by atoms with Gasteiger partial charge in [-0.2, -0.15) is 4.98 Å². The van der Waals surface area contributed by atoms with Crippen LogP contribution in [0.1, 0.15) is 43.3 Å². The Morgan fingerprint density at radius 1 is 1.03 bits per heavy atom. The van der Waals surface area contributed by atoms with E-state index in [0.29, 0.717) is 29.4 Å². The first-order chi connectivity index (χ1) is 15.7. The average molecular weight is 430 g/mol. The average Bonchev–Trinajstić information content (AvgIpc) is 3.33. The molecule has 0 bridgehead atoms. The fraction of sp³-hybridized carbons (Fsp3) is 0.292. The molecule has 0 N–H and O–H groups in total. The summed E-state index contributed by atoms with van der Waals surface area (Å²) < 4.78 is 10.9. The molecule has 1 saturated heterocycles. The zero-order chi connectivity index (χ0) is 21.9. The number of likely N-dealkylation sites (tertiary alicyclic amines) is 1. The normalized spacial score (nSPS) is 16.4. The first-order valence-electron chi connectivity index (χ1n) is 10.8. The highest BCUT2D eigenvalue weighted by molar-refractivity contribution is 5.77. The van der Waals surface area contributed by atoms with Gasteiger partial charge in [-0.05, 0) is 31.4 Å². The number of hydrogen-bond acceptors (Lipinski definition) is 7. The van der Waals surface area contributed by atoms with Crippen molar-refractivity contribution in [2.24, 2.45) is 0 Å². The number of nitrogens with zero attached hydrogens (tertiary/aromatic N) is 4. The summed E-state index contributed by atoms with van der Waals surface area (Å²) >= 11 is 0. The summed E-state index contributed by atoms with van der Waals surface area (Å²) in [6.07, 6.45) is 3.03. The zero-order valence-corrected chi connectivity index (χ0v) is 17.4. The summed E-state index contributed by atoms with van der Waals surface area (Å²) in [6.45, 7) is 0.617. The van der Waals surface area contributed by atoms with Crippen LogP contribution in [0.2, 0.25) is 0 Å². The Hall–Kier alpha value is -3.81. The molecule has 8 nitrogen and oxygen atoms in total. The van der Waals surface area contributed by atoms with E-state index in [9.17, 15) is 9.59 Å². The second-order valence-corrected chi connectivity index (χ2v) is 7.84. The van der Waals surface area contributed by atoms with Gasteiger partial charge < -0.3 is 13.8 Å². The molecule has 32 heavy (non-hydrogen) atoms. The Morgan fingerprint density at radius 2 is 1.84 bits per heavy atom. The molecule has 1 atom stereocenters. The van der Waals surface area contributed by atoms with Crippen LogP contribution in [0.25, 0.3) is 22.5 Å². The van der Waals surface area contributed by atoms with Crippen molar-refractivity contribution in [3.63, 3.8) is 0 Å². The van der Waals surface area contributed by atoms with Crippen LogP contribution in [0.5, 0.6) is 0 Å². The number of hydrogen-bond donors (Lipinski definition) is 0. The standard InChI is InChI=1S/C24H22N4O4/c29-21(14-13-18-24(30)31-20-12-5-4-10-17(20)25-18)28-15-7-6-11-19(28)23-26-22(27-32-23)16-8-2-1-3-9-16/h1-5,8-10,12,19H,6-7,11,13-15H2. The van der Waals surface area contributed by atoms with E-state index >= 15 is 0 Å². The van der Waals surface area contributed by atoms with Gasteiger partial charge in [0.1, 0.15) is 17.3 Å². The second kappa shape index (κ2) is 8.74. The number of amides is 1. The van der Waals surface area contributed by atoms with E-state index in [2.05, 4.69) is 15.1 Å². The molecule has 8 heteroatoms. The fourth-order valence-electron chi connectivity index (χ4n) is 4.07. The van der Waals surface area contributed by atoms with Crippen molar-refractivity contribution >= 4 is 17.0 Å². The SMILES string of the molecule is O=C(CCc1nc2ccccc2oc1=O)N1CCCCC1c1nc(-c2ccccc2)no1. The molecule has 0 radical (unpaired) electrons. The predicted molar refractivity (Wildman–Crippen MR) is 117 cm³/mol. The van der Waals surface area contributed by atoms with E-state index in [1.54, 1.807) is 23.1 Å². The molecule has 2 aromatic heterocycles. The van der Waals surface area contributed by atoms with Crippen LogP contribution in [-0.4, -0.2) is 32.5 Å². The third-order valence-corrected chi connectivity index (χ3v) is 5.72. The van der Waals surface area contributed by atoms with E-state index in [1.165, 1.54) is 0 Å². The Bertz CT molecular complexity index is 1300. The summed E-state index contributed by atoms with van der Waals surface area (Å²) in [5.41, 5.74) is 1.66. The minimum absolute atomic E-state index is 0.0662. The van der Waals surface area contributed by atoms with Gasteiger partial charge >= 0.3 is 5.63 Å². The molecule has 0 spiro atoms. The number of benzene rings is 2. The summed E-state index contributed by atoms with van der Waals surface area (Å²) in [4.78, 5) is 36.1. The van der Waals surface area contributed by atoms with Crippen molar-refractivity contribution < 1.29 is 13.7 Å². The number of aromatic nitrogens is 3. The van der Waals surface area contributed by atoms with Gasteiger partial charge in [0, 0.05) is 24.9 Å². The number of piperidine rings is 1. The van der Waals surface area contributed by atoms with Crippen molar-refractivity contribution in [3.05, 3.63) is 76.6 Å². The number of carbonyl (C=O) groups is 1. The summed E-state index contributed by atoms with van der Waals surface area (Å²) in [5.74, 6) is 0.889. The van der Waals surface area contributed by atoms with Crippen LogP contribution >= 0.6 is 0 Å². The molecule has 3 heterocycles. The van der Waals surface area contributed by atoms with Crippen molar-refractivity contribution in [2.45, 2.75) is 38.1 Å². The van der Waals surface area contributed by atoms with Crippen molar-refractivity contribution in [1.29, 1.82) is 0 Å². The summed E-state index contributed by atoms with van der Waals surface area (Å²) in [6, 6.07) is 16.4. The van der Waals surface area contributed by atoms with Gasteiger partial charge in [0.15, 0.2) is 5.58 Å². The quantitative estimate of drug-likeness (QED) is 0.473. The number of rotatable bonds is 5. The van der Waals surface area contributed by atoms with Crippen LogP contribution in [0.15, 0.2) is 68.3 Å². The fourth-order valence-corrected chi connectivity index (χ4v) is 4.07. The summed E-state index contributed by atoms with van der Waals surface area (Å²) in [7, 11) is 0. The Morgan fingerprint density at radius 3 is 2.72 bits per heavy atom. The molecule has 0 saturated carbocycles. The first kappa shape index (κ1) is 20.1. The van der Waals surface area contributed by atoms with Gasteiger partial charge in [-0.1, -0.05) is 47.6 Å². The lowest BCUT2D eigenvalue weighted by Gasteiger charge is -2.33. The predicted octanol–water partition coefficient (Wildman–Crippen LogP) is 3.92. The van der Waals surface area contributed by atoms with Crippen molar-refractivity contribution in [3.8, 4) is 11.4 Å². The molecular weight excluding hydrogens is 408 g/mol. The van der Waals surface area contributed by atoms with E-state index in [1.807, 2.05) is 36.4 Å². The highest BCUT2D eigenvalue weighted by Crippen LogP contribution is 2.31. The lowest BCUT2D eigenvalue weighted by atomic mass is 10.0. The summed E-state index contributed by atoms with van der Waals surface area (Å²) in [5, 5.41) is 4.10. The van der Waals surface area contributed by atoms with Crippen LogP contribution < -0.4 is 5.63 Å². The third-order valence-electron chi connectivity index (χ3n) is 5.72. The van der Waals surface area contributed by atoms with Crippen LogP contribution in [0.4, 0.5) is 0 Å². The van der Waals surface area contributed by atoms with Crippen molar-refractivity contribution in [1.82, 2.24) is 20.0 Å². The molecule has 162 valence electrons. The smallest absolute Gasteiger partial charge is 0.358 e. The number of para-hydroxylation sites is 2. The largest absolute Gasteiger partial charge is 0.420 e. The Balaban J connectivity index is 1.32. The first-order valence-corrected chi connectivity index (χ1v) is 10.8. The van der Waals surface area contributed by atoms with E-state index in [4.69, 9.17) is 8.94 Å². The zero-order valence-electron chi connectivity index (χ0n) is 17.4. The lowest BCUT2D eigenvalue weighted by Crippen LogP contribution is -2.39. The lowest BCUT2D eigenvalue weighted by molar-refractivity contribution is -0.135. The van der Waals surface area contributed by atoms with Crippen LogP contribution in [0.3, 0.4) is 0 Å². The third kappa shape index (κ3) is 4.03. The topological polar surface area (TPSA) is 102 Å². The van der Waals surface area contributed by atoms with Gasteiger partial charge in [-0.3, -0.25) is 4.79 Å². The van der Waals surface area contributed by atoms with Gasteiger partial charge in [0.2, 0.25) is 17.6 Å². The molecule has 5 rings (SSSR count). The number of aryl methyl sites for hydroxylation is 1. The van der Waals surface area contributed by atoms with Crippen LogP contribution in [0, 0.1) is 0 Å². The van der Waals surface area contributed by atoms with Gasteiger partial charge in [0.05, 0.1) is 0 Å². The molecule has 1 aliphatic rings. The molecule has 0 aliphatic carbocycles. The number of carbonyl (C=O) groups excluding carboxylic acids is 1. The van der Waals surface area contributed by atoms with E-state index in [0.717, 1.165) is 24.8 Å². The Kier molecular flexibility index (Phi) is 5.49. The Labute approximate surface area is 183 Å². The maximum atomic E-state index is 13.1. The molecular formula is C24H22N4O4. The molecule has 1 amide bonds. The molecule has 2 aromatic carbocycles. The van der Waals surface area contributed by atoms with Gasteiger partial charge in [-0.15, -0.1) is 0 Å².